The Morgan fingerprint density at radius 3 is 2.30 bits per heavy atom. The molecule has 0 amide bonds. The molecule has 23 heavy (non-hydrogen) atoms. The summed E-state index contributed by atoms with van der Waals surface area (Å²) in [5.41, 5.74) is 4.25. The monoisotopic (exact) mass is 361 g/mol. The van der Waals surface area contributed by atoms with Crippen molar-refractivity contribution in [2.24, 2.45) is 0 Å². The molecule has 2 rings (SSSR count). The molecule has 1 aromatic heterocycles. The third-order valence-electron chi connectivity index (χ3n) is 2.58. The lowest BCUT2D eigenvalue weighted by atomic mass is 10.2. The predicted molar refractivity (Wildman–Crippen MR) is 92.1 cm³/mol. The second-order valence-corrected chi connectivity index (χ2v) is 3.75. The number of aromatic nitrogens is 2. The normalized spacial score (nSPS) is 23.9. The van der Waals surface area contributed by atoms with Crippen LogP contribution in [0.5, 0.6) is 0 Å². The zero-order valence-electron chi connectivity index (χ0n) is 9.79. The van der Waals surface area contributed by atoms with Gasteiger partial charge in [0.05, 0.1) is 0 Å². The standard InChI is InChI=1S/C9H11F2N3O4.4CH4.H2S/c1-17-6-5(15)9(10,11)7(18-6)14-3-2-4(12)13-8(14)16;;;;;/h2-3,5-7,15H,1H3,(H2,12,13,16);4*1H4;1H2/t5-,6-,7+;;;;;/m0...../s1. The number of aliphatic hydroxyl groups excluding tert-OH is 1. The molecular weight excluding hydrogens is 332 g/mol. The molecule has 1 aliphatic rings. The first-order chi connectivity index (χ1) is 8.37. The van der Waals surface area contributed by atoms with E-state index in [4.69, 9.17) is 10.5 Å². The summed E-state index contributed by atoms with van der Waals surface area (Å²) >= 11 is 0. The fraction of sp³-hybridized carbons (Fsp3) is 0.692. The summed E-state index contributed by atoms with van der Waals surface area (Å²) in [4.78, 5) is 14.8. The van der Waals surface area contributed by atoms with Crippen LogP contribution in [0.25, 0.3) is 0 Å². The molecule has 1 fully saturated rings. The molecule has 3 atom stereocenters. The number of nitrogens with zero attached hydrogens (tertiary/aromatic N) is 2. The molecule has 0 unspecified atom stereocenters. The number of methoxy groups -OCH3 is 1. The first-order valence-corrected chi connectivity index (χ1v) is 4.96. The minimum absolute atomic E-state index is 0. The molecule has 2 heterocycles. The summed E-state index contributed by atoms with van der Waals surface area (Å²) in [5.74, 6) is -3.77. The van der Waals surface area contributed by atoms with Crippen molar-refractivity contribution in [1.82, 2.24) is 9.55 Å². The van der Waals surface area contributed by atoms with E-state index in [9.17, 15) is 18.7 Å². The lowest BCUT2D eigenvalue weighted by molar-refractivity contribution is -0.163. The van der Waals surface area contributed by atoms with Gasteiger partial charge in [-0.1, -0.05) is 29.7 Å². The van der Waals surface area contributed by atoms with Crippen LogP contribution in [0.3, 0.4) is 0 Å². The highest BCUT2D eigenvalue weighted by molar-refractivity contribution is 7.59. The van der Waals surface area contributed by atoms with E-state index in [-0.39, 0.29) is 49.0 Å². The molecule has 0 aromatic carbocycles. The number of nitrogens with two attached hydrogens (primary N) is 1. The number of hydrogen-bond donors (Lipinski definition) is 2. The third kappa shape index (κ3) is 5.13. The lowest BCUT2D eigenvalue weighted by Crippen LogP contribution is -2.41. The Kier molecular flexibility index (Phi) is 13.6. The SMILES string of the molecule is C.C.C.C.CO[C@H]1O[C@@H](n2ccc(N)nc2=O)C(F)(F)[C@H]1O.S. The molecule has 1 saturated heterocycles. The van der Waals surface area contributed by atoms with E-state index in [2.05, 4.69) is 9.72 Å². The summed E-state index contributed by atoms with van der Waals surface area (Å²) < 4.78 is 37.4. The average Bonchev–Trinajstić information content (AvgIpc) is 2.52. The minimum atomic E-state index is -3.68. The number of aliphatic hydroxyl groups is 1. The van der Waals surface area contributed by atoms with E-state index in [0.717, 1.165) is 13.3 Å². The number of hydrogen-bond acceptors (Lipinski definition) is 6. The number of halogens is 2. The molecule has 1 aromatic rings. The van der Waals surface area contributed by atoms with Gasteiger partial charge in [0.1, 0.15) is 5.82 Å². The average molecular weight is 361 g/mol. The Labute approximate surface area is 142 Å². The Morgan fingerprint density at radius 2 is 1.91 bits per heavy atom. The Bertz CT molecular complexity index is 516. The summed E-state index contributed by atoms with van der Waals surface area (Å²) in [6.07, 6.45) is -4.65. The second kappa shape index (κ2) is 10.5. The van der Waals surface area contributed by atoms with Crippen molar-refractivity contribution >= 4 is 19.3 Å². The minimum Gasteiger partial charge on any atom is -0.383 e. The molecule has 10 heteroatoms. The van der Waals surface area contributed by atoms with E-state index in [0.29, 0.717) is 4.57 Å². The zero-order valence-corrected chi connectivity index (χ0v) is 10.8. The van der Waals surface area contributed by atoms with Gasteiger partial charge in [-0.15, -0.1) is 0 Å². The highest BCUT2D eigenvalue weighted by atomic mass is 32.1. The highest BCUT2D eigenvalue weighted by Crippen LogP contribution is 2.42. The third-order valence-corrected chi connectivity index (χ3v) is 2.58. The molecule has 1 aliphatic heterocycles. The van der Waals surface area contributed by atoms with Crippen LogP contribution < -0.4 is 11.4 Å². The Morgan fingerprint density at radius 1 is 1.39 bits per heavy atom. The van der Waals surface area contributed by atoms with E-state index in [1.54, 1.807) is 0 Å². The van der Waals surface area contributed by atoms with Crippen LogP contribution in [0.4, 0.5) is 14.6 Å². The topological polar surface area (TPSA) is 99.6 Å². The van der Waals surface area contributed by atoms with Gasteiger partial charge in [-0.25, -0.2) is 4.79 Å². The van der Waals surface area contributed by atoms with E-state index in [1.807, 2.05) is 0 Å². The Balaban J connectivity index is -0.000000361. The van der Waals surface area contributed by atoms with Gasteiger partial charge in [-0.05, 0) is 6.07 Å². The maximum absolute atomic E-state index is 13.7. The lowest BCUT2D eigenvalue weighted by Gasteiger charge is -2.20. The smallest absolute Gasteiger partial charge is 0.351 e. The van der Waals surface area contributed by atoms with Crippen LogP contribution in [0.2, 0.25) is 0 Å². The van der Waals surface area contributed by atoms with Gasteiger partial charge in [-0.2, -0.15) is 27.3 Å². The quantitative estimate of drug-likeness (QED) is 0.835. The van der Waals surface area contributed by atoms with Crippen LogP contribution in [0.1, 0.15) is 35.9 Å². The van der Waals surface area contributed by atoms with Crippen molar-refractivity contribution in [2.45, 2.75) is 54.3 Å². The summed E-state index contributed by atoms with van der Waals surface area (Å²) in [7, 11) is 1.11. The van der Waals surface area contributed by atoms with Gasteiger partial charge in [0.2, 0.25) is 6.23 Å². The van der Waals surface area contributed by atoms with E-state index < -0.39 is 30.2 Å². The molecular formula is C13H29F2N3O4S. The van der Waals surface area contributed by atoms with Crippen LogP contribution in [0.15, 0.2) is 17.1 Å². The van der Waals surface area contributed by atoms with Crippen molar-refractivity contribution < 1.29 is 23.4 Å². The van der Waals surface area contributed by atoms with Crippen molar-refractivity contribution in [3.8, 4) is 0 Å². The molecule has 0 bridgehead atoms. The molecule has 0 radical (unpaired) electrons. The van der Waals surface area contributed by atoms with Gasteiger partial charge in [0.25, 0.3) is 0 Å². The summed E-state index contributed by atoms with van der Waals surface area (Å²) in [5, 5.41) is 9.33. The van der Waals surface area contributed by atoms with Crippen LogP contribution in [-0.4, -0.2) is 40.1 Å². The molecule has 140 valence electrons. The van der Waals surface area contributed by atoms with Crippen molar-refractivity contribution in [3.05, 3.63) is 22.7 Å². The number of alkyl halides is 2. The molecule has 7 nitrogen and oxygen atoms in total. The maximum Gasteiger partial charge on any atom is 0.351 e. The maximum atomic E-state index is 13.7. The fourth-order valence-corrected chi connectivity index (χ4v) is 1.66. The molecule has 0 spiro atoms. The number of nitrogen functional groups attached to an aromatic ring is 1. The van der Waals surface area contributed by atoms with Gasteiger partial charge >= 0.3 is 11.6 Å². The highest BCUT2D eigenvalue weighted by Gasteiger charge is 2.60. The van der Waals surface area contributed by atoms with Crippen LogP contribution >= 0.6 is 13.5 Å². The first kappa shape index (κ1) is 29.7. The fourth-order valence-electron chi connectivity index (χ4n) is 1.66. The first-order valence-electron chi connectivity index (χ1n) is 4.96. The second-order valence-electron chi connectivity index (χ2n) is 3.75. The number of anilines is 1. The van der Waals surface area contributed by atoms with Crippen LogP contribution in [-0.2, 0) is 9.47 Å². The number of ether oxygens (including phenoxy) is 2. The van der Waals surface area contributed by atoms with Crippen LogP contribution in [0, 0.1) is 0 Å². The van der Waals surface area contributed by atoms with Gasteiger partial charge in [0.15, 0.2) is 12.4 Å². The Hall–Kier alpha value is -1.23. The molecule has 3 N–H and O–H groups in total. The van der Waals surface area contributed by atoms with Gasteiger partial charge in [0, 0.05) is 13.3 Å². The summed E-state index contributed by atoms with van der Waals surface area (Å²) in [6, 6.07) is 1.17. The molecule has 0 saturated carbocycles. The van der Waals surface area contributed by atoms with Crippen molar-refractivity contribution in [3.63, 3.8) is 0 Å². The summed E-state index contributed by atoms with van der Waals surface area (Å²) in [6.45, 7) is 0. The zero-order chi connectivity index (χ0) is 13.5. The predicted octanol–water partition coefficient (Wildman–Crippen LogP) is 1.98. The number of rotatable bonds is 2. The van der Waals surface area contributed by atoms with Gasteiger partial charge < -0.3 is 20.3 Å². The van der Waals surface area contributed by atoms with E-state index >= 15 is 0 Å². The van der Waals surface area contributed by atoms with Gasteiger partial charge in [-0.3, -0.25) is 4.57 Å². The van der Waals surface area contributed by atoms with Crippen molar-refractivity contribution in [1.29, 1.82) is 0 Å². The molecule has 0 aliphatic carbocycles. The van der Waals surface area contributed by atoms with E-state index in [1.165, 1.54) is 6.07 Å². The van der Waals surface area contributed by atoms with Crippen molar-refractivity contribution in [2.75, 3.05) is 12.8 Å². The largest absolute Gasteiger partial charge is 0.383 e.